The minimum absolute atomic E-state index is 0.00626. The summed E-state index contributed by atoms with van der Waals surface area (Å²) in [7, 11) is 1.84. The summed E-state index contributed by atoms with van der Waals surface area (Å²) in [5.41, 5.74) is 5.45. The second-order valence-corrected chi connectivity index (χ2v) is 7.85. The summed E-state index contributed by atoms with van der Waals surface area (Å²) in [6.07, 6.45) is -0.233. The molecular formula is C21H22F3N5O2. The number of Topliss-reactive ketones (excluding diaryl/α,β-unsaturated/α-hetero) is 1. The number of ether oxygens (including phenoxy) is 1. The van der Waals surface area contributed by atoms with Crippen LogP contribution < -0.4 is 5.73 Å². The molecule has 0 radical (unpaired) electrons. The van der Waals surface area contributed by atoms with Gasteiger partial charge in [-0.3, -0.25) is 9.78 Å². The van der Waals surface area contributed by atoms with Crippen molar-refractivity contribution in [3.63, 3.8) is 0 Å². The fourth-order valence-electron chi connectivity index (χ4n) is 4.13. The molecule has 10 heteroatoms. The third-order valence-corrected chi connectivity index (χ3v) is 5.85. The number of aliphatic imine (C=N–C) groups is 1. The molecule has 0 spiro atoms. The lowest BCUT2D eigenvalue weighted by atomic mass is 9.74. The molecule has 1 unspecified atom stereocenters. The van der Waals surface area contributed by atoms with E-state index in [2.05, 4.69) is 15.0 Å². The van der Waals surface area contributed by atoms with E-state index >= 15 is 0 Å². The molecule has 164 valence electrons. The van der Waals surface area contributed by atoms with Gasteiger partial charge in [0.1, 0.15) is 22.7 Å². The maximum absolute atomic E-state index is 15.0. The van der Waals surface area contributed by atoms with Crippen LogP contribution in [0.4, 0.5) is 13.2 Å². The first-order valence-corrected chi connectivity index (χ1v) is 9.86. The number of halogens is 3. The number of carbonyl (C=O) groups is 1. The van der Waals surface area contributed by atoms with Crippen molar-refractivity contribution in [2.24, 2.45) is 16.6 Å². The second kappa shape index (κ2) is 8.26. The van der Waals surface area contributed by atoms with E-state index in [-0.39, 0.29) is 24.6 Å². The molecule has 0 bridgehead atoms. The van der Waals surface area contributed by atoms with Crippen LogP contribution in [0.5, 0.6) is 0 Å². The summed E-state index contributed by atoms with van der Waals surface area (Å²) in [5, 5.41) is 0. The van der Waals surface area contributed by atoms with Crippen LogP contribution in [-0.4, -0.2) is 53.4 Å². The molecule has 3 heterocycles. The molecule has 4 rings (SSSR count). The van der Waals surface area contributed by atoms with Gasteiger partial charge in [0.05, 0.1) is 19.0 Å². The number of nitrogens with zero attached hydrogens (tertiary/aromatic N) is 4. The first-order valence-electron chi connectivity index (χ1n) is 9.86. The molecule has 0 aliphatic carbocycles. The van der Waals surface area contributed by atoms with E-state index in [1.165, 1.54) is 12.1 Å². The number of rotatable bonds is 5. The van der Waals surface area contributed by atoms with Crippen molar-refractivity contribution in [1.82, 2.24) is 14.9 Å². The minimum Gasteiger partial charge on any atom is -0.379 e. The Balaban J connectivity index is 1.65. The molecule has 7 nitrogen and oxygen atoms in total. The zero-order valence-corrected chi connectivity index (χ0v) is 16.9. The topological polar surface area (TPSA) is 93.7 Å². The maximum atomic E-state index is 15.0. The zero-order chi connectivity index (χ0) is 22.2. The molecule has 1 aromatic carbocycles. The Labute approximate surface area is 177 Å². The third-order valence-electron chi connectivity index (χ3n) is 5.85. The van der Waals surface area contributed by atoms with Gasteiger partial charge >= 0.3 is 0 Å². The van der Waals surface area contributed by atoms with Crippen molar-refractivity contribution in [3.8, 4) is 0 Å². The largest absolute Gasteiger partial charge is 0.379 e. The van der Waals surface area contributed by atoms with Gasteiger partial charge in [0, 0.05) is 38.1 Å². The standard InChI is InChI=1S/C21H22F3N5O2/c1-29-10-13-4-5-31-11-21(13,28-20(29)25)14-6-12(2-3-15(14)22)7-18(30)16-8-27-17(9-26-16)19(23)24/h2-3,6,8-9,13,19H,4-5,7,10-11H2,1H3,(H2,25,28)/t13?,21-/m0/s1. The zero-order valence-electron chi connectivity index (χ0n) is 16.9. The summed E-state index contributed by atoms with van der Waals surface area (Å²) < 4.78 is 45.9. The van der Waals surface area contributed by atoms with Crippen LogP contribution in [0.1, 0.15) is 40.2 Å². The molecule has 1 fully saturated rings. The van der Waals surface area contributed by atoms with Gasteiger partial charge in [-0.25, -0.2) is 23.1 Å². The van der Waals surface area contributed by atoms with Gasteiger partial charge in [0.2, 0.25) is 0 Å². The van der Waals surface area contributed by atoms with Gasteiger partial charge in [0.15, 0.2) is 11.7 Å². The highest BCUT2D eigenvalue weighted by Gasteiger charge is 2.48. The quantitative estimate of drug-likeness (QED) is 0.729. The first kappa shape index (κ1) is 21.2. The molecule has 1 aromatic heterocycles. The van der Waals surface area contributed by atoms with Crippen LogP contribution in [0.15, 0.2) is 35.6 Å². The molecule has 1 saturated heterocycles. The van der Waals surface area contributed by atoms with E-state index in [9.17, 15) is 18.0 Å². The van der Waals surface area contributed by atoms with E-state index in [1.54, 1.807) is 6.07 Å². The maximum Gasteiger partial charge on any atom is 0.281 e. The van der Waals surface area contributed by atoms with E-state index < -0.39 is 29.3 Å². The second-order valence-electron chi connectivity index (χ2n) is 7.85. The Morgan fingerprint density at radius 1 is 1.35 bits per heavy atom. The number of ketones is 1. The minimum atomic E-state index is -2.76. The van der Waals surface area contributed by atoms with E-state index in [1.807, 2.05) is 11.9 Å². The molecule has 0 saturated carbocycles. The average molecular weight is 433 g/mol. The summed E-state index contributed by atoms with van der Waals surface area (Å²) in [5.74, 6) is -0.552. The van der Waals surface area contributed by atoms with Gasteiger partial charge < -0.3 is 15.4 Å². The van der Waals surface area contributed by atoms with E-state index in [0.717, 1.165) is 12.4 Å². The number of benzene rings is 1. The predicted octanol–water partition coefficient (Wildman–Crippen LogP) is 2.47. The lowest BCUT2D eigenvalue weighted by molar-refractivity contribution is -0.0160. The van der Waals surface area contributed by atoms with E-state index in [4.69, 9.17) is 10.5 Å². The summed E-state index contributed by atoms with van der Waals surface area (Å²) in [6.45, 7) is 1.37. The van der Waals surface area contributed by atoms with Crippen molar-refractivity contribution in [1.29, 1.82) is 0 Å². The van der Waals surface area contributed by atoms with Crippen LogP contribution >= 0.6 is 0 Å². The highest BCUT2D eigenvalue weighted by atomic mass is 19.3. The van der Waals surface area contributed by atoms with Crippen LogP contribution in [0.2, 0.25) is 0 Å². The molecule has 2 atom stereocenters. The molecule has 31 heavy (non-hydrogen) atoms. The molecule has 2 N–H and O–H groups in total. The van der Waals surface area contributed by atoms with Gasteiger partial charge in [-0.15, -0.1) is 0 Å². The number of guanidine groups is 1. The first-order chi connectivity index (χ1) is 14.8. The van der Waals surface area contributed by atoms with Gasteiger partial charge in [-0.1, -0.05) is 6.07 Å². The third kappa shape index (κ3) is 3.99. The average Bonchev–Trinajstić information content (AvgIpc) is 2.76. The fraction of sp³-hybridized carbons (Fsp3) is 0.429. The SMILES string of the molecule is CN1CC2CCOC[C@]2(c2cc(CC(=O)c3cnc(C(F)F)cn3)ccc2F)N=C1N. The lowest BCUT2D eigenvalue weighted by Crippen LogP contribution is -2.55. The lowest BCUT2D eigenvalue weighted by Gasteiger charge is -2.46. The van der Waals surface area contributed by atoms with Gasteiger partial charge in [0.25, 0.3) is 6.43 Å². The monoisotopic (exact) mass is 433 g/mol. The number of carbonyl (C=O) groups excluding carboxylic acids is 1. The normalized spacial score (nSPS) is 23.5. The van der Waals surface area contributed by atoms with Crippen molar-refractivity contribution < 1.29 is 22.7 Å². The smallest absolute Gasteiger partial charge is 0.281 e. The Bertz CT molecular complexity index is 1010. The number of aromatic nitrogens is 2. The summed E-state index contributed by atoms with van der Waals surface area (Å²) in [6, 6.07) is 4.42. The van der Waals surface area contributed by atoms with E-state index in [0.29, 0.717) is 36.7 Å². The Morgan fingerprint density at radius 2 is 2.16 bits per heavy atom. The van der Waals surface area contributed by atoms with Crippen molar-refractivity contribution >= 4 is 11.7 Å². The van der Waals surface area contributed by atoms with Crippen molar-refractivity contribution in [2.75, 3.05) is 26.8 Å². The van der Waals surface area contributed by atoms with Crippen molar-refractivity contribution in [2.45, 2.75) is 24.8 Å². The van der Waals surface area contributed by atoms with Crippen LogP contribution in [0.25, 0.3) is 0 Å². The number of hydrogen-bond acceptors (Lipinski definition) is 7. The predicted molar refractivity (Wildman–Crippen MR) is 106 cm³/mol. The van der Waals surface area contributed by atoms with Gasteiger partial charge in [-0.2, -0.15) is 0 Å². The summed E-state index contributed by atoms with van der Waals surface area (Å²) >= 11 is 0. The number of alkyl halides is 2. The van der Waals surface area contributed by atoms with Gasteiger partial charge in [-0.05, 0) is 24.1 Å². The Morgan fingerprint density at radius 3 is 2.87 bits per heavy atom. The molecular weight excluding hydrogens is 411 g/mol. The molecule has 2 aromatic rings. The Kier molecular flexibility index (Phi) is 5.65. The fourth-order valence-corrected chi connectivity index (χ4v) is 4.13. The highest BCUT2D eigenvalue weighted by molar-refractivity contribution is 5.95. The van der Waals surface area contributed by atoms with Crippen LogP contribution in [0, 0.1) is 11.7 Å². The molecule has 2 aliphatic heterocycles. The van der Waals surface area contributed by atoms with Crippen molar-refractivity contribution in [3.05, 3.63) is 58.9 Å². The Hall–Kier alpha value is -3.01. The highest BCUT2D eigenvalue weighted by Crippen LogP contribution is 2.43. The number of fused-ring (bicyclic) bond motifs is 1. The van der Waals surface area contributed by atoms with Crippen LogP contribution in [0.3, 0.4) is 0 Å². The van der Waals surface area contributed by atoms with Crippen LogP contribution in [-0.2, 0) is 16.7 Å². The number of nitrogens with two attached hydrogens (primary N) is 1. The summed E-state index contributed by atoms with van der Waals surface area (Å²) in [4.78, 5) is 26.4. The molecule has 0 amide bonds. The number of hydrogen-bond donors (Lipinski definition) is 1. The molecule has 2 aliphatic rings.